The van der Waals surface area contributed by atoms with E-state index in [2.05, 4.69) is 29.1 Å². The number of rotatable bonds is 1. The maximum Gasteiger partial charge on any atom is 0.181 e. The van der Waals surface area contributed by atoms with Crippen LogP contribution in [0.2, 0.25) is 0 Å². The first-order valence-corrected chi connectivity index (χ1v) is 6.48. The molecule has 2 heterocycles. The van der Waals surface area contributed by atoms with Crippen molar-refractivity contribution in [3.63, 3.8) is 0 Å². The lowest BCUT2D eigenvalue weighted by Gasteiger charge is -2.22. The molecule has 0 fully saturated rings. The van der Waals surface area contributed by atoms with Crippen LogP contribution >= 0.6 is 11.6 Å². The highest BCUT2D eigenvalue weighted by Crippen LogP contribution is 2.27. The van der Waals surface area contributed by atoms with Crippen molar-refractivity contribution in [1.82, 2.24) is 14.8 Å². The fourth-order valence-corrected chi connectivity index (χ4v) is 2.64. The molecule has 1 aliphatic rings. The summed E-state index contributed by atoms with van der Waals surface area (Å²) in [5.74, 6) is 1.57. The van der Waals surface area contributed by atoms with Crippen LogP contribution < -0.4 is 5.73 Å². The maximum absolute atomic E-state index is 6.15. The van der Waals surface area contributed by atoms with Crippen LogP contribution in [0.15, 0.2) is 24.3 Å². The Balaban J connectivity index is 2.03. The molecule has 0 spiro atoms. The molecule has 1 aliphatic heterocycles. The molecular weight excluding hydrogens is 248 g/mol. The summed E-state index contributed by atoms with van der Waals surface area (Å²) in [5.41, 5.74) is 8.27. The van der Waals surface area contributed by atoms with Crippen LogP contribution in [-0.2, 0) is 6.54 Å². The van der Waals surface area contributed by atoms with E-state index in [0.717, 1.165) is 23.6 Å². The molecule has 2 N–H and O–H groups in total. The lowest BCUT2D eigenvalue weighted by molar-refractivity contribution is 0.428. The van der Waals surface area contributed by atoms with Crippen molar-refractivity contribution in [2.24, 2.45) is 5.73 Å². The summed E-state index contributed by atoms with van der Waals surface area (Å²) in [6, 6.07) is 8.03. The molecule has 0 aliphatic carbocycles. The quantitative estimate of drug-likeness (QED) is 0.802. The van der Waals surface area contributed by atoms with Gasteiger partial charge >= 0.3 is 0 Å². The third-order valence-electron chi connectivity index (χ3n) is 3.19. The van der Waals surface area contributed by atoms with E-state index in [4.69, 9.17) is 17.3 Å². The zero-order chi connectivity index (χ0) is 12.7. The molecular formula is C13H15ClN4. The van der Waals surface area contributed by atoms with E-state index < -0.39 is 0 Å². The van der Waals surface area contributed by atoms with Crippen LogP contribution in [0.25, 0.3) is 11.4 Å². The van der Waals surface area contributed by atoms with E-state index >= 15 is 0 Å². The Kier molecular flexibility index (Phi) is 2.84. The van der Waals surface area contributed by atoms with Crippen LogP contribution in [0.1, 0.15) is 23.9 Å². The molecule has 0 bridgehead atoms. The summed E-state index contributed by atoms with van der Waals surface area (Å²) in [6.45, 7) is 2.74. The zero-order valence-corrected chi connectivity index (χ0v) is 10.9. The van der Waals surface area contributed by atoms with Gasteiger partial charge in [0, 0.05) is 5.56 Å². The lowest BCUT2D eigenvalue weighted by Crippen LogP contribution is -2.29. The average molecular weight is 263 g/mol. The van der Waals surface area contributed by atoms with Gasteiger partial charge in [-0.3, -0.25) is 0 Å². The lowest BCUT2D eigenvalue weighted by atomic mass is 10.1. The summed E-state index contributed by atoms with van der Waals surface area (Å²) in [4.78, 5) is 4.55. The molecule has 18 heavy (non-hydrogen) atoms. The van der Waals surface area contributed by atoms with Gasteiger partial charge in [0.25, 0.3) is 0 Å². The summed E-state index contributed by atoms with van der Waals surface area (Å²) in [6.07, 6.45) is 0.757. The Labute approximate surface area is 111 Å². The largest absolute Gasteiger partial charge is 0.321 e. The second-order valence-corrected chi connectivity index (χ2v) is 5.40. The van der Waals surface area contributed by atoms with Gasteiger partial charge in [-0.25, -0.2) is 9.67 Å². The smallest absolute Gasteiger partial charge is 0.181 e. The number of aryl methyl sites for hydroxylation is 1. The topological polar surface area (TPSA) is 56.7 Å². The average Bonchev–Trinajstić information content (AvgIpc) is 2.73. The molecule has 2 atom stereocenters. The minimum atomic E-state index is -0.118. The van der Waals surface area contributed by atoms with Gasteiger partial charge in [0.15, 0.2) is 5.82 Å². The Morgan fingerprint density at radius 3 is 3.06 bits per heavy atom. The normalized spacial score (nSPS) is 22.8. The highest BCUT2D eigenvalue weighted by Gasteiger charge is 2.26. The number of alkyl halides is 1. The predicted molar refractivity (Wildman–Crippen MR) is 71.4 cm³/mol. The fraction of sp³-hybridized carbons (Fsp3) is 0.385. The van der Waals surface area contributed by atoms with Crippen LogP contribution in [0.3, 0.4) is 0 Å². The summed E-state index contributed by atoms with van der Waals surface area (Å²) < 4.78 is 1.84. The number of nitrogens with zero attached hydrogens (tertiary/aromatic N) is 3. The zero-order valence-electron chi connectivity index (χ0n) is 10.2. The number of nitrogens with two attached hydrogens (primary N) is 1. The second-order valence-electron chi connectivity index (χ2n) is 4.78. The van der Waals surface area contributed by atoms with Gasteiger partial charge in [-0.05, 0) is 19.4 Å². The van der Waals surface area contributed by atoms with Crippen molar-refractivity contribution in [2.75, 3.05) is 0 Å². The van der Waals surface area contributed by atoms with Crippen LogP contribution in [0.5, 0.6) is 0 Å². The van der Waals surface area contributed by atoms with Crippen molar-refractivity contribution in [3.8, 4) is 11.4 Å². The second kappa shape index (κ2) is 4.37. The Morgan fingerprint density at radius 1 is 1.44 bits per heavy atom. The Morgan fingerprint density at radius 2 is 2.28 bits per heavy atom. The third-order valence-corrected chi connectivity index (χ3v) is 3.51. The van der Waals surface area contributed by atoms with Crippen molar-refractivity contribution in [3.05, 3.63) is 35.7 Å². The number of halogens is 1. The Bertz CT molecular complexity index is 578. The molecule has 3 rings (SSSR count). The monoisotopic (exact) mass is 262 g/mol. The fourth-order valence-electron chi connectivity index (χ4n) is 2.31. The van der Waals surface area contributed by atoms with Crippen LogP contribution in [-0.4, -0.2) is 20.1 Å². The van der Waals surface area contributed by atoms with Crippen molar-refractivity contribution >= 4 is 11.6 Å². The van der Waals surface area contributed by atoms with Crippen molar-refractivity contribution < 1.29 is 0 Å². The van der Waals surface area contributed by atoms with Crippen LogP contribution in [0.4, 0.5) is 0 Å². The number of benzene rings is 1. The van der Waals surface area contributed by atoms with Gasteiger partial charge in [-0.2, -0.15) is 5.10 Å². The molecule has 94 valence electrons. The first-order valence-electron chi connectivity index (χ1n) is 6.05. The highest BCUT2D eigenvalue weighted by molar-refractivity contribution is 6.20. The highest BCUT2D eigenvalue weighted by atomic mass is 35.5. The van der Waals surface area contributed by atoms with E-state index in [1.165, 1.54) is 5.56 Å². The maximum atomic E-state index is 6.15. The summed E-state index contributed by atoms with van der Waals surface area (Å²) in [7, 11) is 0. The molecule has 0 saturated heterocycles. The molecule has 2 aromatic rings. The first-order chi connectivity index (χ1) is 8.63. The molecule has 2 unspecified atom stereocenters. The van der Waals surface area contributed by atoms with Crippen LogP contribution in [0, 0.1) is 6.92 Å². The minimum absolute atomic E-state index is 0.0413. The summed E-state index contributed by atoms with van der Waals surface area (Å²) in [5, 5.41) is 4.55. The van der Waals surface area contributed by atoms with Gasteiger partial charge in [0.05, 0.1) is 18.0 Å². The molecule has 1 aromatic heterocycles. The standard InChI is InChI=1S/C13H15ClN4/c1-8-3-2-4-9(5-8)12-16-13-11(15)6-10(14)7-18(13)17-12/h2-5,10-11H,6-7,15H2,1H3. The van der Waals surface area contributed by atoms with E-state index in [1.54, 1.807) is 0 Å². The van der Waals surface area contributed by atoms with E-state index in [9.17, 15) is 0 Å². The number of hydrogen-bond donors (Lipinski definition) is 1. The van der Waals surface area contributed by atoms with Gasteiger partial charge in [-0.1, -0.05) is 23.8 Å². The predicted octanol–water partition coefficient (Wildman–Crippen LogP) is 2.26. The molecule has 0 amide bonds. The van der Waals surface area contributed by atoms with Gasteiger partial charge < -0.3 is 5.73 Å². The van der Waals surface area contributed by atoms with E-state index in [1.807, 2.05) is 16.8 Å². The minimum Gasteiger partial charge on any atom is -0.321 e. The Hall–Kier alpha value is -1.39. The van der Waals surface area contributed by atoms with Crippen molar-refractivity contribution in [2.45, 2.75) is 31.3 Å². The molecule has 0 radical (unpaired) electrons. The first kappa shape index (κ1) is 11.7. The number of aromatic nitrogens is 3. The molecule has 4 nitrogen and oxygen atoms in total. The van der Waals surface area contributed by atoms with Gasteiger partial charge in [-0.15, -0.1) is 11.6 Å². The number of hydrogen-bond acceptors (Lipinski definition) is 3. The molecule has 1 aromatic carbocycles. The number of fused-ring (bicyclic) bond motifs is 1. The van der Waals surface area contributed by atoms with E-state index in [-0.39, 0.29) is 11.4 Å². The molecule has 0 saturated carbocycles. The SMILES string of the molecule is Cc1cccc(-c2nc3n(n2)CC(Cl)CC3N)c1. The third kappa shape index (κ3) is 2.02. The van der Waals surface area contributed by atoms with Gasteiger partial charge in [0.1, 0.15) is 5.82 Å². The van der Waals surface area contributed by atoms with Gasteiger partial charge in [0.2, 0.25) is 0 Å². The molecule has 5 heteroatoms. The van der Waals surface area contributed by atoms with Crippen molar-refractivity contribution in [1.29, 1.82) is 0 Å². The summed E-state index contributed by atoms with van der Waals surface area (Å²) >= 11 is 6.15. The van der Waals surface area contributed by atoms with E-state index in [0.29, 0.717) is 6.54 Å².